The molecule has 0 atom stereocenters. The maximum absolute atomic E-state index is 13.1. The van der Waals surface area contributed by atoms with E-state index in [0.29, 0.717) is 30.7 Å². The summed E-state index contributed by atoms with van der Waals surface area (Å²) in [4.78, 5) is 42.5. The van der Waals surface area contributed by atoms with E-state index in [1.54, 1.807) is 12.1 Å². The third-order valence-electron chi connectivity index (χ3n) is 8.52. The van der Waals surface area contributed by atoms with Crippen LogP contribution in [0.3, 0.4) is 0 Å². The molecule has 1 heterocycles. The zero-order chi connectivity index (χ0) is 28.7. The molecule has 3 fully saturated rings. The fraction of sp³-hybridized carbons (Fsp3) is 0.586. The second kappa shape index (κ2) is 11.1. The SMILES string of the molecule is CC1(c2cc(C(=O)NCC(F)(F)F)cc(-c3sc(C(=O)NC4CC(C(=O)O)C4)nc3CC3CCCCC3)c2)CC1. The molecule has 0 bridgehead atoms. The number of carbonyl (C=O) groups is 3. The highest BCUT2D eigenvalue weighted by Gasteiger charge is 2.40. The molecule has 0 spiro atoms. The molecule has 3 aliphatic rings. The molecule has 2 amide bonds. The molecule has 0 aliphatic heterocycles. The normalized spacial score (nSPS) is 22.3. The maximum Gasteiger partial charge on any atom is 0.405 e. The van der Waals surface area contributed by atoms with Gasteiger partial charge in [0.05, 0.1) is 16.5 Å². The van der Waals surface area contributed by atoms with Gasteiger partial charge in [0, 0.05) is 11.6 Å². The Morgan fingerprint density at radius 3 is 2.40 bits per heavy atom. The molecule has 1 aromatic heterocycles. The first-order chi connectivity index (χ1) is 18.9. The molecular formula is C29H34F3N3O4S. The monoisotopic (exact) mass is 577 g/mol. The molecule has 3 aliphatic carbocycles. The summed E-state index contributed by atoms with van der Waals surface area (Å²) in [7, 11) is 0. The lowest BCUT2D eigenvalue weighted by Gasteiger charge is -2.32. The van der Waals surface area contributed by atoms with Crippen LogP contribution in [0.4, 0.5) is 13.2 Å². The summed E-state index contributed by atoms with van der Waals surface area (Å²) in [5, 5.41) is 14.3. The van der Waals surface area contributed by atoms with Crippen molar-refractivity contribution in [2.45, 2.75) is 88.8 Å². The zero-order valence-corrected chi connectivity index (χ0v) is 23.2. The van der Waals surface area contributed by atoms with Crippen LogP contribution in [0.25, 0.3) is 10.4 Å². The fourth-order valence-electron chi connectivity index (χ4n) is 5.66. The Morgan fingerprint density at radius 2 is 1.77 bits per heavy atom. The minimum absolute atomic E-state index is 0.144. The second-order valence-corrected chi connectivity index (χ2v) is 12.8. The lowest BCUT2D eigenvalue weighted by Crippen LogP contribution is -2.46. The van der Waals surface area contributed by atoms with Crippen LogP contribution in [-0.2, 0) is 16.6 Å². The number of alkyl halides is 3. The van der Waals surface area contributed by atoms with E-state index in [2.05, 4.69) is 12.2 Å². The van der Waals surface area contributed by atoms with E-state index in [1.165, 1.54) is 17.8 Å². The van der Waals surface area contributed by atoms with Gasteiger partial charge < -0.3 is 15.7 Å². The Hall–Kier alpha value is -2.95. The van der Waals surface area contributed by atoms with E-state index >= 15 is 0 Å². The molecule has 216 valence electrons. The van der Waals surface area contributed by atoms with Gasteiger partial charge in [0.25, 0.3) is 11.8 Å². The highest BCUT2D eigenvalue weighted by Crippen LogP contribution is 2.49. The third kappa shape index (κ3) is 6.67. The number of carboxylic acid groups (broad SMARTS) is 1. The van der Waals surface area contributed by atoms with Crippen molar-refractivity contribution in [2.75, 3.05) is 6.54 Å². The lowest BCUT2D eigenvalue weighted by molar-refractivity contribution is -0.145. The molecule has 2 aromatic rings. The lowest BCUT2D eigenvalue weighted by atomic mass is 9.80. The van der Waals surface area contributed by atoms with Crippen molar-refractivity contribution in [2.24, 2.45) is 11.8 Å². The van der Waals surface area contributed by atoms with Crippen LogP contribution >= 0.6 is 11.3 Å². The van der Waals surface area contributed by atoms with E-state index in [-0.39, 0.29) is 27.9 Å². The molecule has 7 nitrogen and oxygen atoms in total. The van der Waals surface area contributed by atoms with Crippen LogP contribution in [0.5, 0.6) is 0 Å². The van der Waals surface area contributed by atoms with Crippen LogP contribution < -0.4 is 10.6 Å². The van der Waals surface area contributed by atoms with E-state index in [9.17, 15) is 27.6 Å². The topological polar surface area (TPSA) is 108 Å². The summed E-state index contributed by atoms with van der Waals surface area (Å²) in [6.45, 7) is 0.658. The van der Waals surface area contributed by atoms with Crippen molar-refractivity contribution in [3.8, 4) is 10.4 Å². The minimum Gasteiger partial charge on any atom is -0.481 e. The number of aliphatic carboxylic acids is 1. The van der Waals surface area contributed by atoms with Gasteiger partial charge in [-0.1, -0.05) is 39.0 Å². The Labute approximate surface area is 235 Å². The first-order valence-corrected chi connectivity index (χ1v) is 14.8. The molecule has 0 unspecified atom stereocenters. The summed E-state index contributed by atoms with van der Waals surface area (Å²) < 4.78 is 38.4. The number of carbonyl (C=O) groups excluding carboxylic acids is 2. The zero-order valence-electron chi connectivity index (χ0n) is 22.4. The fourth-order valence-corrected chi connectivity index (χ4v) is 6.64. The summed E-state index contributed by atoms with van der Waals surface area (Å²) in [6.07, 6.45) is 4.38. The highest BCUT2D eigenvalue weighted by molar-refractivity contribution is 7.17. The van der Waals surface area contributed by atoms with Gasteiger partial charge in [0.1, 0.15) is 6.54 Å². The van der Waals surface area contributed by atoms with Crippen LogP contribution in [-0.4, -0.2) is 46.6 Å². The molecule has 1 aromatic carbocycles. The number of thiazole rings is 1. The second-order valence-electron chi connectivity index (χ2n) is 11.8. The Kier molecular flexibility index (Phi) is 7.96. The summed E-state index contributed by atoms with van der Waals surface area (Å²) in [5.74, 6) is -2.04. The smallest absolute Gasteiger partial charge is 0.405 e. The molecule has 0 saturated heterocycles. The van der Waals surface area contributed by atoms with Gasteiger partial charge in [0.2, 0.25) is 0 Å². The number of aromatic nitrogens is 1. The number of benzene rings is 1. The van der Waals surface area contributed by atoms with Crippen LogP contribution in [0, 0.1) is 11.8 Å². The van der Waals surface area contributed by atoms with Crippen LogP contribution in [0.15, 0.2) is 18.2 Å². The van der Waals surface area contributed by atoms with Crippen molar-refractivity contribution >= 4 is 29.1 Å². The van der Waals surface area contributed by atoms with Crippen LogP contribution in [0.1, 0.15) is 96.1 Å². The van der Waals surface area contributed by atoms with Crippen molar-refractivity contribution in [1.82, 2.24) is 15.6 Å². The van der Waals surface area contributed by atoms with Crippen molar-refractivity contribution in [3.05, 3.63) is 40.0 Å². The number of nitrogens with zero attached hydrogens (tertiary/aromatic N) is 1. The van der Waals surface area contributed by atoms with Gasteiger partial charge in [-0.15, -0.1) is 11.3 Å². The van der Waals surface area contributed by atoms with Crippen molar-refractivity contribution < 1.29 is 32.7 Å². The summed E-state index contributed by atoms with van der Waals surface area (Å²) >= 11 is 1.22. The van der Waals surface area contributed by atoms with E-state index < -0.39 is 30.5 Å². The predicted octanol–water partition coefficient (Wildman–Crippen LogP) is 5.87. The minimum atomic E-state index is -4.52. The molecule has 3 N–H and O–H groups in total. The Bertz CT molecular complexity index is 1290. The molecule has 0 radical (unpaired) electrons. The maximum atomic E-state index is 13.1. The number of hydrogen-bond acceptors (Lipinski definition) is 5. The average molecular weight is 578 g/mol. The Balaban J connectivity index is 1.46. The number of halogens is 3. The van der Waals surface area contributed by atoms with E-state index in [0.717, 1.165) is 54.7 Å². The predicted molar refractivity (Wildman–Crippen MR) is 144 cm³/mol. The number of amides is 2. The number of rotatable bonds is 9. The van der Waals surface area contributed by atoms with Gasteiger partial charge >= 0.3 is 12.1 Å². The van der Waals surface area contributed by atoms with Crippen LogP contribution in [0.2, 0.25) is 0 Å². The first kappa shape index (κ1) is 28.6. The van der Waals surface area contributed by atoms with E-state index in [1.807, 2.05) is 11.4 Å². The number of carboxylic acids is 1. The summed E-state index contributed by atoms with van der Waals surface area (Å²) in [6, 6.07) is 5.04. The quantitative estimate of drug-likeness (QED) is 0.346. The largest absolute Gasteiger partial charge is 0.481 e. The average Bonchev–Trinajstić information content (AvgIpc) is 3.50. The van der Waals surface area contributed by atoms with Crippen molar-refractivity contribution in [3.63, 3.8) is 0 Å². The Morgan fingerprint density at radius 1 is 1.07 bits per heavy atom. The van der Waals surface area contributed by atoms with Crippen molar-refractivity contribution in [1.29, 1.82) is 0 Å². The summed E-state index contributed by atoms with van der Waals surface area (Å²) in [5.41, 5.74) is 2.34. The highest BCUT2D eigenvalue weighted by atomic mass is 32.1. The van der Waals surface area contributed by atoms with Gasteiger partial charge in [0.15, 0.2) is 5.01 Å². The first-order valence-electron chi connectivity index (χ1n) is 13.9. The standard InChI is InChI=1S/C29H34F3N3O4S/c1-28(7-8-28)20-11-17(10-18(12-20)24(36)33-15-29(30,31)32)23-22(9-16-5-3-2-4-6-16)35-26(40-23)25(37)34-21-13-19(14-21)27(38)39/h10-12,16,19,21H,2-9,13-15H2,1H3,(H,33,36)(H,34,37)(H,38,39). The molecule has 3 saturated carbocycles. The number of hydrogen-bond donors (Lipinski definition) is 3. The third-order valence-corrected chi connectivity index (χ3v) is 9.67. The van der Waals surface area contributed by atoms with Gasteiger partial charge in [-0.2, -0.15) is 13.2 Å². The molecule has 5 rings (SSSR count). The number of nitrogens with one attached hydrogen (secondary N) is 2. The molecular weight excluding hydrogens is 543 g/mol. The molecule has 11 heteroatoms. The van der Waals surface area contributed by atoms with Gasteiger partial charge in [-0.25, -0.2) is 4.98 Å². The molecule has 40 heavy (non-hydrogen) atoms. The van der Waals surface area contributed by atoms with E-state index in [4.69, 9.17) is 10.1 Å². The van der Waals surface area contributed by atoms with Gasteiger partial charge in [-0.3, -0.25) is 14.4 Å². The van der Waals surface area contributed by atoms with Gasteiger partial charge in [-0.05, 0) is 72.8 Å².